The molecule has 4 heterocycles. The minimum Gasteiger partial charge on any atom is -0.353 e. The highest BCUT2D eigenvalue weighted by Gasteiger charge is 2.37. The first-order chi connectivity index (χ1) is 12.8. The lowest BCUT2D eigenvalue weighted by Crippen LogP contribution is -2.47. The van der Waals surface area contributed by atoms with E-state index in [9.17, 15) is 13.2 Å². The monoisotopic (exact) mass is 378 g/mol. The zero-order chi connectivity index (χ0) is 19.2. The number of nitrogens with zero attached hydrogens (tertiary/aromatic N) is 8. The molecule has 0 N–H and O–H groups in total. The predicted molar refractivity (Wildman–Crippen MR) is 91.7 cm³/mol. The number of fused-ring (bicyclic) bond motifs is 1. The molecule has 3 aromatic heterocycles. The van der Waals surface area contributed by atoms with Crippen LogP contribution in [0.4, 0.5) is 24.8 Å². The molecule has 1 fully saturated rings. The first-order valence-corrected chi connectivity index (χ1v) is 8.42. The maximum absolute atomic E-state index is 13.0. The van der Waals surface area contributed by atoms with E-state index in [1.807, 2.05) is 18.7 Å². The van der Waals surface area contributed by atoms with Crippen molar-refractivity contribution < 1.29 is 13.2 Å². The molecule has 1 aliphatic heterocycles. The minimum absolute atomic E-state index is 0.0665. The second-order valence-corrected chi connectivity index (χ2v) is 6.36. The number of aromatic nitrogens is 6. The van der Waals surface area contributed by atoms with Crippen LogP contribution < -0.4 is 9.80 Å². The van der Waals surface area contributed by atoms with E-state index in [-0.39, 0.29) is 5.65 Å². The first-order valence-electron chi connectivity index (χ1n) is 8.42. The van der Waals surface area contributed by atoms with E-state index >= 15 is 0 Å². The molecule has 0 bridgehead atoms. The summed E-state index contributed by atoms with van der Waals surface area (Å²) >= 11 is 0. The number of rotatable bonds is 2. The van der Waals surface area contributed by atoms with Gasteiger partial charge in [0, 0.05) is 37.4 Å². The van der Waals surface area contributed by atoms with Crippen LogP contribution in [-0.2, 0) is 6.18 Å². The smallest absolute Gasteiger partial charge is 0.353 e. The van der Waals surface area contributed by atoms with Crippen molar-refractivity contribution in [2.75, 3.05) is 36.0 Å². The van der Waals surface area contributed by atoms with Gasteiger partial charge in [-0.1, -0.05) is 0 Å². The molecule has 1 saturated heterocycles. The number of aryl methyl sites for hydroxylation is 1. The SMILES string of the molecule is Cc1ncnc(N2CCN(c3ccc4nnc(C(F)(F)F)n4n3)CC2)c1C. The molecule has 0 unspecified atom stereocenters. The summed E-state index contributed by atoms with van der Waals surface area (Å²) in [6.07, 6.45) is -3.06. The zero-order valence-electron chi connectivity index (χ0n) is 14.8. The molecule has 0 atom stereocenters. The van der Waals surface area contributed by atoms with Gasteiger partial charge in [-0.2, -0.15) is 17.7 Å². The van der Waals surface area contributed by atoms with Crippen LogP contribution in [0.1, 0.15) is 17.1 Å². The summed E-state index contributed by atoms with van der Waals surface area (Å²) in [5.41, 5.74) is 2.03. The van der Waals surface area contributed by atoms with Gasteiger partial charge < -0.3 is 9.80 Å². The van der Waals surface area contributed by atoms with E-state index in [1.165, 1.54) is 6.07 Å². The Bertz CT molecular complexity index is 975. The maximum atomic E-state index is 13.0. The summed E-state index contributed by atoms with van der Waals surface area (Å²) in [6, 6.07) is 3.16. The second kappa shape index (κ2) is 6.32. The van der Waals surface area contributed by atoms with Crippen LogP contribution in [0.2, 0.25) is 0 Å². The Labute approximate surface area is 152 Å². The third-order valence-electron chi connectivity index (χ3n) is 4.72. The molecule has 0 aromatic carbocycles. The summed E-state index contributed by atoms with van der Waals surface area (Å²) in [6.45, 7) is 6.52. The Kier molecular flexibility index (Phi) is 4.08. The van der Waals surface area contributed by atoms with Gasteiger partial charge in [-0.3, -0.25) is 0 Å². The van der Waals surface area contributed by atoms with Crippen molar-refractivity contribution in [3.05, 3.63) is 35.5 Å². The lowest BCUT2D eigenvalue weighted by Gasteiger charge is -2.36. The van der Waals surface area contributed by atoms with Crippen LogP contribution in [-0.4, -0.2) is 56.0 Å². The Hall–Kier alpha value is -2.98. The normalized spacial score (nSPS) is 15.6. The van der Waals surface area contributed by atoms with E-state index in [0.29, 0.717) is 32.0 Å². The van der Waals surface area contributed by atoms with Crippen molar-refractivity contribution in [2.24, 2.45) is 0 Å². The average Bonchev–Trinajstić information content (AvgIpc) is 3.08. The molecule has 0 radical (unpaired) electrons. The van der Waals surface area contributed by atoms with Crippen molar-refractivity contribution in [3.63, 3.8) is 0 Å². The van der Waals surface area contributed by atoms with Crippen LogP contribution >= 0.6 is 0 Å². The predicted octanol–water partition coefficient (Wildman–Crippen LogP) is 1.88. The summed E-state index contributed by atoms with van der Waals surface area (Å²) in [4.78, 5) is 12.6. The summed E-state index contributed by atoms with van der Waals surface area (Å²) in [5.74, 6) is 0.233. The van der Waals surface area contributed by atoms with Crippen molar-refractivity contribution in [1.82, 2.24) is 29.8 Å². The molecule has 0 saturated carbocycles. The van der Waals surface area contributed by atoms with E-state index < -0.39 is 12.0 Å². The molecule has 3 aromatic rings. The van der Waals surface area contributed by atoms with Crippen LogP contribution in [0.15, 0.2) is 18.5 Å². The van der Waals surface area contributed by atoms with Gasteiger partial charge in [0.1, 0.15) is 18.0 Å². The summed E-state index contributed by atoms with van der Waals surface area (Å²) < 4.78 is 39.9. The van der Waals surface area contributed by atoms with Crippen molar-refractivity contribution in [2.45, 2.75) is 20.0 Å². The molecule has 4 rings (SSSR count). The first kappa shape index (κ1) is 17.4. The lowest BCUT2D eigenvalue weighted by atomic mass is 10.2. The highest BCUT2D eigenvalue weighted by Crippen LogP contribution is 2.28. The van der Waals surface area contributed by atoms with E-state index in [4.69, 9.17) is 0 Å². The summed E-state index contributed by atoms with van der Waals surface area (Å²) in [7, 11) is 0. The number of hydrogen-bond acceptors (Lipinski definition) is 7. The Morgan fingerprint density at radius 3 is 2.33 bits per heavy atom. The zero-order valence-corrected chi connectivity index (χ0v) is 14.8. The van der Waals surface area contributed by atoms with E-state index in [2.05, 4.69) is 30.2 Å². The topological polar surface area (TPSA) is 75.3 Å². The highest BCUT2D eigenvalue weighted by atomic mass is 19.4. The van der Waals surface area contributed by atoms with Crippen LogP contribution in [0, 0.1) is 13.8 Å². The highest BCUT2D eigenvalue weighted by molar-refractivity contribution is 5.51. The molecular formula is C16H17F3N8. The number of anilines is 2. The molecule has 0 spiro atoms. The maximum Gasteiger partial charge on any atom is 0.453 e. The number of hydrogen-bond donors (Lipinski definition) is 0. The third-order valence-corrected chi connectivity index (χ3v) is 4.72. The number of halogens is 3. The van der Waals surface area contributed by atoms with Crippen molar-refractivity contribution >= 4 is 17.3 Å². The van der Waals surface area contributed by atoms with Gasteiger partial charge in [-0.05, 0) is 26.0 Å². The number of alkyl halides is 3. The molecular weight excluding hydrogens is 361 g/mol. The standard InChI is InChI=1S/C16H17F3N8/c1-10-11(2)20-9-21-14(10)26-7-5-25(6-8-26)13-4-3-12-22-23-15(16(17,18)19)27(12)24-13/h3-4,9H,5-8H2,1-2H3. The molecule has 11 heteroatoms. The Balaban J connectivity index is 1.55. The molecule has 8 nitrogen and oxygen atoms in total. The van der Waals surface area contributed by atoms with Gasteiger partial charge in [0.05, 0.1) is 0 Å². The van der Waals surface area contributed by atoms with Crippen LogP contribution in [0.3, 0.4) is 0 Å². The summed E-state index contributed by atoms with van der Waals surface area (Å²) in [5, 5.41) is 10.8. The van der Waals surface area contributed by atoms with Crippen LogP contribution in [0.5, 0.6) is 0 Å². The third kappa shape index (κ3) is 3.13. The van der Waals surface area contributed by atoms with Gasteiger partial charge >= 0.3 is 6.18 Å². The Morgan fingerprint density at radius 2 is 1.63 bits per heavy atom. The quantitative estimate of drug-likeness (QED) is 0.674. The minimum atomic E-state index is -4.61. The molecule has 0 aliphatic carbocycles. The lowest BCUT2D eigenvalue weighted by molar-refractivity contribution is -0.146. The van der Waals surface area contributed by atoms with E-state index in [1.54, 1.807) is 12.4 Å². The van der Waals surface area contributed by atoms with Crippen molar-refractivity contribution in [1.29, 1.82) is 0 Å². The van der Waals surface area contributed by atoms with E-state index in [0.717, 1.165) is 21.6 Å². The molecule has 0 amide bonds. The van der Waals surface area contributed by atoms with Gasteiger partial charge in [-0.25, -0.2) is 9.97 Å². The second-order valence-electron chi connectivity index (χ2n) is 6.36. The van der Waals surface area contributed by atoms with Crippen LogP contribution in [0.25, 0.3) is 5.65 Å². The molecule has 27 heavy (non-hydrogen) atoms. The average molecular weight is 378 g/mol. The number of piperazine rings is 1. The fourth-order valence-electron chi connectivity index (χ4n) is 3.12. The van der Waals surface area contributed by atoms with Gasteiger partial charge in [0.25, 0.3) is 5.82 Å². The van der Waals surface area contributed by atoms with Gasteiger partial charge in [0.2, 0.25) is 0 Å². The van der Waals surface area contributed by atoms with Gasteiger partial charge in [0.15, 0.2) is 5.65 Å². The van der Waals surface area contributed by atoms with Gasteiger partial charge in [-0.15, -0.1) is 15.3 Å². The Morgan fingerprint density at radius 1 is 0.926 bits per heavy atom. The van der Waals surface area contributed by atoms with Crippen molar-refractivity contribution in [3.8, 4) is 0 Å². The fourth-order valence-corrected chi connectivity index (χ4v) is 3.12. The molecule has 142 valence electrons. The fraction of sp³-hybridized carbons (Fsp3) is 0.438. The molecule has 1 aliphatic rings. The largest absolute Gasteiger partial charge is 0.453 e.